The first-order valence-electron chi connectivity index (χ1n) is 10.6. The quantitative estimate of drug-likeness (QED) is 0.794. The molecule has 1 aliphatic rings. The van der Waals surface area contributed by atoms with E-state index in [0.717, 1.165) is 36.0 Å². The first kappa shape index (κ1) is 21.7. The Kier molecular flexibility index (Phi) is 7.03. The summed E-state index contributed by atoms with van der Waals surface area (Å²) in [6.45, 7) is 11.3. The van der Waals surface area contributed by atoms with Crippen molar-refractivity contribution in [2.75, 3.05) is 37.6 Å². The lowest BCUT2D eigenvalue weighted by Crippen LogP contribution is -2.49. The molecule has 1 saturated heterocycles. The lowest BCUT2D eigenvalue weighted by Gasteiger charge is -2.35. The Labute approximate surface area is 178 Å². The number of nitrogens with zero attached hydrogens (tertiary/aromatic N) is 4. The van der Waals surface area contributed by atoms with E-state index in [9.17, 15) is 9.59 Å². The number of aryl methyl sites for hydroxylation is 2. The molecule has 7 heteroatoms. The van der Waals surface area contributed by atoms with E-state index in [0.29, 0.717) is 31.6 Å². The Balaban J connectivity index is 1.47. The molecule has 1 N–H and O–H groups in total. The third kappa shape index (κ3) is 5.55. The number of aromatic nitrogens is 2. The van der Waals surface area contributed by atoms with E-state index in [4.69, 9.17) is 4.98 Å². The van der Waals surface area contributed by atoms with Crippen LogP contribution in [0.1, 0.15) is 53.6 Å². The first-order chi connectivity index (χ1) is 14.3. The van der Waals surface area contributed by atoms with Gasteiger partial charge < -0.3 is 15.1 Å². The maximum absolute atomic E-state index is 12.5. The summed E-state index contributed by atoms with van der Waals surface area (Å²) in [5, 5.41) is 2.84. The van der Waals surface area contributed by atoms with E-state index >= 15 is 0 Å². The van der Waals surface area contributed by atoms with Crippen LogP contribution in [0.5, 0.6) is 0 Å². The SMILES string of the molecule is Cc1cccc(C(=O)NCCC(=O)N2CCN(c3cc(C)nc(C(C)C)n3)CC2)c1. The van der Waals surface area contributed by atoms with Crippen molar-refractivity contribution in [1.29, 1.82) is 0 Å². The molecule has 0 radical (unpaired) electrons. The normalized spacial score (nSPS) is 14.2. The highest BCUT2D eigenvalue weighted by molar-refractivity contribution is 5.94. The van der Waals surface area contributed by atoms with E-state index in [1.807, 2.05) is 43.0 Å². The minimum absolute atomic E-state index is 0.0703. The Morgan fingerprint density at radius 2 is 1.80 bits per heavy atom. The van der Waals surface area contributed by atoms with Crippen LogP contribution in [0.3, 0.4) is 0 Å². The lowest BCUT2D eigenvalue weighted by atomic mass is 10.1. The highest BCUT2D eigenvalue weighted by atomic mass is 16.2. The van der Waals surface area contributed by atoms with Crippen LogP contribution >= 0.6 is 0 Å². The van der Waals surface area contributed by atoms with Gasteiger partial charge in [-0.1, -0.05) is 31.5 Å². The standard InChI is InChI=1S/C23H31N5O2/c1-16(2)22-25-18(4)15-20(26-22)27-10-12-28(13-11-27)21(29)8-9-24-23(30)19-7-5-6-17(3)14-19/h5-7,14-16H,8-13H2,1-4H3,(H,24,30). The molecule has 0 spiro atoms. The monoisotopic (exact) mass is 409 g/mol. The molecule has 3 rings (SSSR count). The predicted molar refractivity (Wildman–Crippen MR) is 118 cm³/mol. The molecule has 0 bridgehead atoms. The number of anilines is 1. The van der Waals surface area contributed by atoms with E-state index in [2.05, 4.69) is 29.0 Å². The van der Waals surface area contributed by atoms with Crippen LogP contribution in [-0.2, 0) is 4.79 Å². The maximum atomic E-state index is 12.5. The van der Waals surface area contributed by atoms with Gasteiger partial charge in [-0.15, -0.1) is 0 Å². The molecule has 0 unspecified atom stereocenters. The van der Waals surface area contributed by atoms with Crippen molar-refractivity contribution < 1.29 is 9.59 Å². The highest BCUT2D eigenvalue weighted by Crippen LogP contribution is 2.19. The number of amides is 2. The van der Waals surface area contributed by atoms with E-state index < -0.39 is 0 Å². The summed E-state index contributed by atoms with van der Waals surface area (Å²) in [6.07, 6.45) is 0.307. The largest absolute Gasteiger partial charge is 0.353 e. The third-order valence-electron chi connectivity index (χ3n) is 5.24. The highest BCUT2D eigenvalue weighted by Gasteiger charge is 2.22. The molecule has 160 valence electrons. The molecule has 1 aliphatic heterocycles. The maximum Gasteiger partial charge on any atom is 0.251 e. The van der Waals surface area contributed by atoms with Crippen LogP contribution < -0.4 is 10.2 Å². The van der Waals surface area contributed by atoms with Gasteiger partial charge in [0.25, 0.3) is 5.91 Å². The van der Waals surface area contributed by atoms with Gasteiger partial charge in [-0.2, -0.15) is 0 Å². The third-order valence-corrected chi connectivity index (χ3v) is 5.24. The number of benzene rings is 1. The zero-order valence-corrected chi connectivity index (χ0v) is 18.3. The molecule has 2 heterocycles. The number of hydrogen-bond donors (Lipinski definition) is 1. The summed E-state index contributed by atoms with van der Waals surface area (Å²) in [6, 6.07) is 9.44. The second-order valence-electron chi connectivity index (χ2n) is 8.12. The fourth-order valence-corrected chi connectivity index (χ4v) is 3.51. The molecule has 1 aromatic heterocycles. The van der Waals surface area contributed by atoms with Gasteiger partial charge in [-0.3, -0.25) is 9.59 Å². The minimum atomic E-state index is -0.142. The predicted octanol–water partition coefficient (Wildman–Crippen LogP) is 2.69. The fourth-order valence-electron chi connectivity index (χ4n) is 3.51. The van der Waals surface area contributed by atoms with Crippen molar-refractivity contribution in [2.24, 2.45) is 0 Å². The van der Waals surface area contributed by atoms with Crippen LogP contribution in [0.25, 0.3) is 0 Å². The van der Waals surface area contributed by atoms with Gasteiger partial charge in [-0.25, -0.2) is 9.97 Å². The summed E-state index contributed by atoms with van der Waals surface area (Å²) < 4.78 is 0. The Hall–Kier alpha value is -2.96. The van der Waals surface area contributed by atoms with E-state index in [1.165, 1.54) is 0 Å². The second-order valence-corrected chi connectivity index (χ2v) is 8.12. The van der Waals surface area contributed by atoms with Gasteiger partial charge in [-0.05, 0) is 26.0 Å². The van der Waals surface area contributed by atoms with Crippen molar-refractivity contribution in [3.63, 3.8) is 0 Å². The molecule has 7 nitrogen and oxygen atoms in total. The van der Waals surface area contributed by atoms with Gasteiger partial charge in [0.1, 0.15) is 11.6 Å². The molecule has 2 aromatic rings. The van der Waals surface area contributed by atoms with Crippen molar-refractivity contribution in [1.82, 2.24) is 20.2 Å². The molecule has 0 aliphatic carbocycles. The summed E-state index contributed by atoms with van der Waals surface area (Å²) in [5.74, 6) is 2.00. The van der Waals surface area contributed by atoms with E-state index in [1.54, 1.807) is 6.07 Å². The van der Waals surface area contributed by atoms with E-state index in [-0.39, 0.29) is 17.7 Å². The van der Waals surface area contributed by atoms with Crippen LogP contribution in [-0.4, -0.2) is 59.4 Å². The number of piperazine rings is 1. The van der Waals surface area contributed by atoms with Gasteiger partial charge in [0, 0.05) is 62.4 Å². The molecule has 0 saturated carbocycles. The Morgan fingerprint density at radius 1 is 1.07 bits per heavy atom. The zero-order valence-electron chi connectivity index (χ0n) is 18.3. The van der Waals surface area contributed by atoms with Gasteiger partial charge in [0.05, 0.1) is 0 Å². The number of hydrogen-bond acceptors (Lipinski definition) is 5. The Bertz CT molecular complexity index is 904. The van der Waals surface area contributed by atoms with Crippen LogP contribution in [0.15, 0.2) is 30.3 Å². The molecular weight excluding hydrogens is 378 g/mol. The van der Waals surface area contributed by atoms with Crippen molar-refractivity contribution in [2.45, 2.75) is 40.0 Å². The zero-order chi connectivity index (χ0) is 21.7. The van der Waals surface area contributed by atoms with Crippen LogP contribution in [0.4, 0.5) is 5.82 Å². The topological polar surface area (TPSA) is 78.4 Å². The second kappa shape index (κ2) is 9.69. The summed E-state index contributed by atoms with van der Waals surface area (Å²) in [5.41, 5.74) is 2.62. The molecule has 1 fully saturated rings. The minimum Gasteiger partial charge on any atom is -0.353 e. The smallest absolute Gasteiger partial charge is 0.251 e. The molecule has 0 atom stereocenters. The number of carbonyl (C=O) groups excluding carboxylic acids is 2. The average molecular weight is 410 g/mol. The van der Waals surface area contributed by atoms with Gasteiger partial charge in [0.2, 0.25) is 5.91 Å². The van der Waals surface area contributed by atoms with Crippen molar-refractivity contribution in [3.8, 4) is 0 Å². The lowest BCUT2D eigenvalue weighted by molar-refractivity contribution is -0.131. The summed E-state index contributed by atoms with van der Waals surface area (Å²) >= 11 is 0. The van der Waals surface area contributed by atoms with Crippen molar-refractivity contribution >= 4 is 17.6 Å². The van der Waals surface area contributed by atoms with Crippen molar-refractivity contribution in [3.05, 3.63) is 53.0 Å². The average Bonchev–Trinajstić information content (AvgIpc) is 2.73. The number of rotatable bonds is 6. The molecular formula is C23H31N5O2. The van der Waals surface area contributed by atoms with Crippen LogP contribution in [0, 0.1) is 13.8 Å². The summed E-state index contributed by atoms with van der Waals surface area (Å²) in [7, 11) is 0. The molecule has 30 heavy (non-hydrogen) atoms. The van der Waals surface area contributed by atoms with Crippen LogP contribution in [0.2, 0.25) is 0 Å². The summed E-state index contributed by atoms with van der Waals surface area (Å²) in [4.78, 5) is 38.0. The van der Waals surface area contributed by atoms with Gasteiger partial charge in [0.15, 0.2) is 0 Å². The fraction of sp³-hybridized carbons (Fsp3) is 0.478. The molecule has 1 aromatic carbocycles. The number of nitrogens with one attached hydrogen (secondary N) is 1. The Morgan fingerprint density at radius 3 is 2.47 bits per heavy atom. The van der Waals surface area contributed by atoms with Gasteiger partial charge >= 0.3 is 0 Å². The number of carbonyl (C=O) groups is 2. The molecule has 2 amide bonds. The first-order valence-corrected chi connectivity index (χ1v) is 10.6.